The van der Waals surface area contributed by atoms with Crippen LogP contribution in [-0.4, -0.2) is 21.9 Å². The van der Waals surface area contributed by atoms with Gasteiger partial charge in [-0.1, -0.05) is 12.1 Å². The third kappa shape index (κ3) is 2.66. The molecular weight excluding hydrogens is 310 g/mol. The second kappa shape index (κ2) is 5.96. The Bertz CT molecular complexity index is 928. The molecule has 0 spiro atoms. The van der Waals surface area contributed by atoms with Crippen molar-refractivity contribution in [3.8, 4) is 27.6 Å². The fourth-order valence-corrected chi connectivity index (χ4v) is 3.38. The molecule has 0 aliphatic heterocycles. The van der Waals surface area contributed by atoms with Crippen LogP contribution in [0.15, 0.2) is 34.4 Å². The van der Waals surface area contributed by atoms with Crippen LogP contribution in [0.25, 0.3) is 21.8 Å². The largest absolute Gasteiger partial charge is 0.496 e. The molecule has 0 radical (unpaired) electrons. The first-order valence-corrected chi connectivity index (χ1v) is 8.04. The SMILES string of the molecule is COc1ccccc1-c1csc(-c2c(C)c(C)nn(C)c2=O)n1. The lowest BCUT2D eigenvalue weighted by Crippen LogP contribution is -2.23. The van der Waals surface area contributed by atoms with Crippen molar-refractivity contribution in [2.24, 2.45) is 7.05 Å². The standard InChI is InChI=1S/C17H17N3O2S/c1-10-11(2)19-20(3)17(21)15(10)16-18-13(9-23-16)12-7-5-6-8-14(12)22-4/h5-9H,1-4H3. The smallest absolute Gasteiger partial charge is 0.277 e. The molecule has 1 aromatic carbocycles. The van der Waals surface area contributed by atoms with Gasteiger partial charge in [0.15, 0.2) is 0 Å². The van der Waals surface area contributed by atoms with Gasteiger partial charge in [-0.25, -0.2) is 9.67 Å². The Morgan fingerprint density at radius 1 is 1.22 bits per heavy atom. The number of aryl methyl sites for hydroxylation is 2. The number of rotatable bonds is 3. The highest BCUT2D eigenvalue weighted by molar-refractivity contribution is 7.13. The molecule has 3 aromatic rings. The van der Waals surface area contributed by atoms with Gasteiger partial charge in [0, 0.05) is 18.0 Å². The number of aromatic nitrogens is 3. The molecule has 0 bridgehead atoms. The van der Waals surface area contributed by atoms with Crippen molar-refractivity contribution in [3.05, 3.63) is 51.3 Å². The van der Waals surface area contributed by atoms with Gasteiger partial charge in [0.05, 0.1) is 24.1 Å². The first-order valence-electron chi connectivity index (χ1n) is 7.16. The van der Waals surface area contributed by atoms with Crippen LogP contribution in [-0.2, 0) is 7.05 Å². The molecule has 2 heterocycles. The molecule has 0 aliphatic carbocycles. The molecule has 0 fully saturated rings. The molecule has 0 saturated carbocycles. The maximum absolute atomic E-state index is 12.5. The summed E-state index contributed by atoms with van der Waals surface area (Å²) in [6.07, 6.45) is 0. The zero-order valence-electron chi connectivity index (χ0n) is 13.5. The summed E-state index contributed by atoms with van der Waals surface area (Å²) in [7, 11) is 3.30. The van der Waals surface area contributed by atoms with E-state index in [1.807, 2.05) is 43.5 Å². The van der Waals surface area contributed by atoms with Crippen LogP contribution in [0.5, 0.6) is 5.75 Å². The Morgan fingerprint density at radius 3 is 2.70 bits per heavy atom. The Morgan fingerprint density at radius 2 is 1.96 bits per heavy atom. The number of hydrogen-bond acceptors (Lipinski definition) is 5. The molecule has 0 N–H and O–H groups in total. The van der Waals surface area contributed by atoms with Crippen LogP contribution in [0.2, 0.25) is 0 Å². The van der Waals surface area contributed by atoms with Crippen molar-refractivity contribution in [3.63, 3.8) is 0 Å². The molecule has 0 amide bonds. The fourth-order valence-electron chi connectivity index (χ4n) is 2.47. The van der Waals surface area contributed by atoms with E-state index in [1.54, 1.807) is 14.2 Å². The molecule has 3 rings (SSSR count). The van der Waals surface area contributed by atoms with E-state index in [0.717, 1.165) is 28.3 Å². The molecular formula is C17H17N3O2S. The summed E-state index contributed by atoms with van der Waals surface area (Å²) in [5, 5.41) is 6.86. The third-order valence-corrected chi connectivity index (χ3v) is 4.69. The Kier molecular flexibility index (Phi) is 4.00. The first kappa shape index (κ1) is 15.4. The van der Waals surface area contributed by atoms with Gasteiger partial charge in [-0.2, -0.15) is 5.10 Å². The summed E-state index contributed by atoms with van der Waals surface area (Å²) in [5.41, 5.74) is 3.90. The molecule has 0 atom stereocenters. The fraction of sp³-hybridized carbons (Fsp3) is 0.235. The van der Waals surface area contributed by atoms with Gasteiger partial charge in [0.2, 0.25) is 0 Å². The van der Waals surface area contributed by atoms with E-state index >= 15 is 0 Å². The molecule has 6 heteroatoms. The summed E-state index contributed by atoms with van der Waals surface area (Å²) in [6.45, 7) is 3.80. The number of benzene rings is 1. The zero-order valence-corrected chi connectivity index (χ0v) is 14.3. The molecule has 0 saturated heterocycles. The number of nitrogens with zero attached hydrogens (tertiary/aromatic N) is 3. The maximum Gasteiger partial charge on any atom is 0.277 e. The molecule has 0 aliphatic rings. The summed E-state index contributed by atoms with van der Waals surface area (Å²) >= 11 is 1.45. The van der Waals surface area contributed by atoms with Gasteiger partial charge in [-0.05, 0) is 31.5 Å². The topological polar surface area (TPSA) is 57.0 Å². The lowest BCUT2D eigenvalue weighted by molar-refractivity contribution is 0.416. The number of para-hydroxylation sites is 1. The average molecular weight is 327 g/mol. The van der Waals surface area contributed by atoms with Gasteiger partial charge in [-0.3, -0.25) is 4.79 Å². The van der Waals surface area contributed by atoms with Crippen LogP contribution in [0.3, 0.4) is 0 Å². The number of thiazole rings is 1. The summed E-state index contributed by atoms with van der Waals surface area (Å²) < 4.78 is 6.75. The maximum atomic E-state index is 12.5. The minimum Gasteiger partial charge on any atom is -0.496 e. The van der Waals surface area contributed by atoms with Crippen LogP contribution in [0, 0.1) is 13.8 Å². The van der Waals surface area contributed by atoms with Crippen LogP contribution in [0.4, 0.5) is 0 Å². The summed E-state index contributed by atoms with van der Waals surface area (Å²) in [6, 6.07) is 7.72. The van der Waals surface area contributed by atoms with Gasteiger partial charge < -0.3 is 4.74 Å². The second-order valence-electron chi connectivity index (χ2n) is 5.25. The van der Waals surface area contributed by atoms with E-state index in [-0.39, 0.29) is 5.56 Å². The quantitative estimate of drug-likeness (QED) is 0.741. The predicted octanol–water partition coefficient (Wildman–Crippen LogP) is 3.20. The molecule has 118 valence electrons. The lowest BCUT2D eigenvalue weighted by Gasteiger charge is -2.07. The van der Waals surface area contributed by atoms with Crippen molar-refractivity contribution in [1.29, 1.82) is 0 Å². The monoisotopic (exact) mass is 327 g/mol. The first-order chi connectivity index (χ1) is 11.0. The van der Waals surface area contributed by atoms with Crippen molar-refractivity contribution < 1.29 is 4.74 Å². The van der Waals surface area contributed by atoms with Crippen molar-refractivity contribution in [2.45, 2.75) is 13.8 Å². The van der Waals surface area contributed by atoms with Crippen molar-refractivity contribution >= 4 is 11.3 Å². The number of methoxy groups -OCH3 is 1. The molecule has 5 nitrogen and oxygen atoms in total. The van der Waals surface area contributed by atoms with Crippen molar-refractivity contribution in [2.75, 3.05) is 7.11 Å². The van der Waals surface area contributed by atoms with Gasteiger partial charge >= 0.3 is 0 Å². The minimum atomic E-state index is -0.131. The van der Waals surface area contributed by atoms with E-state index in [9.17, 15) is 4.79 Å². The number of hydrogen-bond donors (Lipinski definition) is 0. The Hall–Kier alpha value is -2.47. The third-order valence-electron chi connectivity index (χ3n) is 3.83. The minimum absolute atomic E-state index is 0.131. The summed E-state index contributed by atoms with van der Waals surface area (Å²) in [4.78, 5) is 17.1. The van der Waals surface area contributed by atoms with E-state index < -0.39 is 0 Å². The Balaban J connectivity index is 2.16. The average Bonchev–Trinajstić information content (AvgIpc) is 3.02. The van der Waals surface area contributed by atoms with Crippen LogP contribution in [0.1, 0.15) is 11.3 Å². The highest BCUT2D eigenvalue weighted by Crippen LogP contribution is 2.33. The van der Waals surface area contributed by atoms with Crippen LogP contribution < -0.4 is 10.3 Å². The molecule has 23 heavy (non-hydrogen) atoms. The van der Waals surface area contributed by atoms with Crippen molar-refractivity contribution in [1.82, 2.24) is 14.8 Å². The zero-order chi connectivity index (χ0) is 16.6. The molecule has 2 aromatic heterocycles. The van der Waals surface area contributed by atoms with Gasteiger partial charge in [0.25, 0.3) is 5.56 Å². The lowest BCUT2D eigenvalue weighted by atomic mass is 10.1. The van der Waals surface area contributed by atoms with E-state index in [2.05, 4.69) is 10.1 Å². The highest BCUT2D eigenvalue weighted by atomic mass is 32.1. The van der Waals surface area contributed by atoms with E-state index in [1.165, 1.54) is 16.0 Å². The van der Waals surface area contributed by atoms with Gasteiger partial charge in [0.1, 0.15) is 10.8 Å². The Labute approximate surface area is 138 Å². The van der Waals surface area contributed by atoms with Crippen LogP contribution >= 0.6 is 11.3 Å². The van der Waals surface area contributed by atoms with E-state index in [4.69, 9.17) is 4.74 Å². The summed E-state index contributed by atoms with van der Waals surface area (Å²) in [5.74, 6) is 0.764. The normalized spacial score (nSPS) is 10.8. The highest BCUT2D eigenvalue weighted by Gasteiger charge is 2.17. The number of ether oxygens (including phenoxy) is 1. The molecule has 0 unspecified atom stereocenters. The van der Waals surface area contributed by atoms with E-state index in [0.29, 0.717) is 10.6 Å². The second-order valence-corrected chi connectivity index (χ2v) is 6.11. The predicted molar refractivity (Wildman–Crippen MR) is 92.0 cm³/mol. The van der Waals surface area contributed by atoms with Gasteiger partial charge in [-0.15, -0.1) is 11.3 Å².